The van der Waals surface area contributed by atoms with Gasteiger partial charge in [-0.05, 0) is 71.9 Å². The number of hydrogen-bond acceptors (Lipinski definition) is 5. The number of hydrogen-bond donors (Lipinski definition) is 0. The molecule has 2 amide bonds. The third-order valence-electron chi connectivity index (χ3n) is 8.30. The standard InChI is InChI=1S/C38H36N4O2S/c1-27-36(45-28(2)40-27)16-17-37(43)42(25-30-12-14-32(15-13-30)33-18-21-39-22-19-33)35(24-29-8-4-3-5-9-29)38(44)41-23-20-31-10-6-7-11-34(31)26-41/h3-19,21-22,35H,20,23-26H2,1-2H3/b17-16+/t35-/m0/s1. The number of aryl methyl sites for hydroxylation is 2. The molecule has 226 valence electrons. The number of carbonyl (C=O) groups is 2. The normalized spacial score (nSPS) is 13.4. The number of aromatic nitrogens is 2. The Hall–Kier alpha value is -4.88. The van der Waals surface area contributed by atoms with Crippen LogP contribution in [0, 0.1) is 13.8 Å². The molecule has 3 heterocycles. The summed E-state index contributed by atoms with van der Waals surface area (Å²) in [4.78, 5) is 42.0. The smallest absolute Gasteiger partial charge is 0.247 e. The molecule has 1 aliphatic rings. The Morgan fingerprint density at radius 1 is 0.867 bits per heavy atom. The topological polar surface area (TPSA) is 66.4 Å². The minimum Gasteiger partial charge on any atom is -0.336 e. The van der Waals surface area contributed by atoms with Crippen molar-refractivity contribution in [2.75, 3.05) is 6.54 Å². The first kappa shape index (κ1) is 30.2. The molecule has 0 fully saturated rings. The van der Waals surface area contributed by atoms with Gasteiger partial charge in [-0.2, -0.15) is 0 Å². The third kappa shape index (κ3) is 7.27. The molecule has 0 spiro atoms. The highest BCUT2D eigenvalue weighted by atomic mass is 32.1. The van der Waals surface area contributed by atoms with Gasteiger partial charge in [0.1, 0.15) is 6.04 Å². The lowest BCUT2D eigenvalue weighted by atomic mass is 9.97. The number of benzene rings is 3. The van der Waals surface area contributed by atoms with Crippen molar-refractivity contribution in [3.63, 3.8) is 0 Å². The van der Waals surface area contributed by atoms with Crippen LogP contribution in [0.3, 0.4) is 0 Å². The summed E-state index contributed by atoms with van der Waals surface area (Å²) >= 11 is 1.56. The van der Waals surface area contributed by atoms with Crippen LogP contribution >= 0.6 is 11.3 Å². The van der Waals surface area contributed by atoms with Gasteiger partial charge in [-0.1, -0.05) is 78.9 Å². The number of amides is 2. The lowest BCUT2D eigenvalue weighted by molar-refractivity contribution is -0.144. The van der Waals surface area contributed by atoms with Gasteiger partial charge in [-0.3, -0.25) is 14.6 Å². The molecule has 0 unspecified atom stereocenters. The molecule has 5 aromatic rings. The zero-order valence-corrected chi connectivity index (χ0v) is 26.4. The van der Waals surface area contributed by atoms with Gasteiger partial charge in [0.15, 0.2) is 0 Å². The molecule has 45 heavy (non-hydrogen) atoms. The number of nitrogens with zero attached hydrogens (tertiary/aromatic N) is 4. The Balaban J connectivity index is 1.35. The predicted octanol–water partition coefficient (Wildman–Crippen LogP) is 7.06. The SMILES string of the molecule is Cc1nc(C)c(/C=C/C(=O)N(Cc2ccc(-c3ccncc3)cc2)[C@@H](Cc2ccccc2)C(=O)N2CCc3ccccc3C2)s1. The van der Waals surface area contributed by atoms with Crippen LogP contribution in [0.4, 0.5) is 0 Å². The van der Waals surface area contributed by atoms with E-state index in [1.807, 2.05) is 91.6 Å². The van der Waals surface area contributed by atoms with Gasteiger partial charge < -0.3 is 9.80 Å². The minimum atomic E-state index is -0.681. The van der Waals surface area contributed by atoms with E-state index >= 15 is 0 Å². The molecule has 0 saturated heterocycles. The molecule has 0 aliphatic carbocycles. The summed E-state index contributed by atoms with van der Waals surface area (Å²) in [6, 6.07) is 29.7. The zero-order valence-electron chi connectivity index (χ0n) is 25.6. The molecule has 7 heteroatoms. The highest BCUT2D eigenvalue weighted by Gasteiger charge is 2.34. The summed E-state index contributed by atoms with van der Waals surface area (Å²) in [5.41, 5.74) is 7.44. The molecular formula is C38H36N4O2S. The van der Waals surface area contributed by atoms with Crippen molar-refractivity contribution in [1.82, 2.24) is 19.8 Å². The monoisotopic (exact) mass is 612 g/mol. The first-order valence-corrected chi connectivity index (χ1v) is 16.1. The second-order valence-electron chi connectivity index (χ2n) is 11.4. The summed E-state index contributed by atoms with van der Waals surface area (Å²) < 4.78 is 0. The largest absolute Gasteiger partial charge is 0.336 e. The van der Waals surface area contributed by atoms with Gasteiger partial charge >= 0.3 is 0 Å². The van der Waals surface area contributed by atoms with Crippen molar-refractivity contribution < 1.29 is 9.59 Å². The van der Waals surface area contributed by atoms with E-state index in [1.165, 1.54) is 5.56 Å². The van der Waals surface area contributed by atoms with E-state index in [1.54, 1.807) is 34.7 Å². The molecule has 3 aromatic carbocycles. The molecular weight excluding hydrogens is 577 g/mol. The van der Waals surface area contributed by atoms with Crippen molar-refractivity contribution in [3.8, 4) is 11.1 Å². The Bertz CT molecular complexity index is 1800. The van der Waals surface area contributed by atoms with Crippen LogP contribution in [0.15, 0.2) is 109 Å². The number of rotatable bonds is 9. The number of carbonyl (C=O) groups excluding carboxylic acids is 2. The maximum atomic E-state index is 14.5. The maximum absolute atomic E-state index is 14.5. The molecule has 2 aromatic heterocycles. The van der Waals surface area contributed by atoms with Gasteiger partial charge in [-0.15, -0.1) is 11.3 Å². The first-order chi connectivity index (χ1) is 21.9. The minimum absolute atomic E-state index is 0.0340. The van der Waals surface area contributed by atoms with Gasteiger partial charge in [0.25, 0.3) is 0 Å². The molecule has 0 saturated carbocycles. The Morgan fingerprint density at radius 2 is 1.56 bits per heavy atom. The molecule has 1 atom stereocenters. The maximum Gasteiger partial charge on any atom is 0.247 e. The lowest BCUT2D eigenvalue weighted by Gasteiger charge is -2.37. The van der Waals surface area contributed by atoms with Crippen LogP contribution in [-0.2, 0) is 35.5 Å². The quantitative estimate of drug-likeness (QED) is 0.167. The van der Waals surface area contributed by atoms with Crippen LogP contribution in [0.5, 0.6) is 0 Å². The second kappa shape index (κ2) is 13.8. The van der Waals surface area contributed by atoms with E-state index in [-0.39, 0.29) is 11.8 Å². The van der Waals surface area contributed by atoms with Crippen LogP contribution in [0.25, 0.3) is 17.2 Å². The van der Waals surface area contributed by atoms with Crippen LogP contribution in [-0.4, -0.2) is 44.2 Å². The van der Waals surface area contributed by atoms with Crippen molar-refractivity contribution in [3.05, 3.63) is 147 Å². The van der Waals surface area contributed by atoms with Crippen molar-refractivity contribution in [2.24, 2.45) is 0 Å². The summed E-state index contributed by atoms with van der Waals surface area (Å²) in [6.07, 6.45) is 8.22. The first-order valence-electron chi connectivity index (χ1n) is 15.3. The Kier molecular flexibility index (Phi) is 9.27. The van der Waals surface area contributed by atoms with Crippen molar-refractivity contribution in [2.45, 2.75) is 45.8 Å². The van der Waals surface area contributed by atoms with E-state index in [0.29, 0.717) is 26.1 Å². The second-order valence-corrected chi connectivity index (χ2v) is 12.6. The van der Waals surface area contributed by atoms with Gasteiger partial charge in [0.2, 0.25) is 11.8 Å². The summed E-state index contributed by atoms with van der Waals surface area (Å²) in [7, 11) is 0. The summed E-state index contributed by atoms with van der Waals surface area (Å²) in [5, 5.41) is 0.952. The molecule has 0 N–H and O–H groups in total. The highest BCUT2D eigenvalue weighted by molar-refractivity contribution is 7.12. The fraction of sp³-hybridized carbons (Fsp3) is 0.211. The number of thiazole rings is 1. The van der Waals surface area contributed by atoms with E-state index in [4.69, 9.17) is 0 Å². The van der Waals surface area contributed by atoms with Crippen LogP contribution in [0.2, 0.25) is 0 Å². The van der Waals surface area contributed by atoms with E-state index < -0.39 is 6.04 Å². The van der Waals surface area contributed by atoms with E-state index in [0.717, 1.165) is 49.8 Å². The van der Waals surface area contributed by atoms with Crippen LogP contribution < -0.4 is 0 Å². The number of pyridine rings is 1. The molecule has 0 bridgehead atoms. The highest BCUT2D eigenvalue weighted by Crippen LogP contribution is 2.25. The van der Waals surface area contributed by atoms with Crippen molar-refractivity contribution in [1.29, 1.82) is 0 Å². The van der Waals surface area contributed by atoms with Gasteiger partial charge in [0, 0.05) is 44.5 Å². The van der Waals surface area contributed by atoms with Crippen molar-refractivity contribution >= 4 is 29.2 Å². The number of fused-ring (bicyclic) bond motifs is 1. The third-order valence-corrected chi connectivity index (χ3v) is 9.33. The summed E-state index contributed by atoms with van der Waals surface area (Å²) in [6.45, 7) is 5.38. The van der Waals surface area contributed by atoms with Gasteiger partial charge in [-0.25, -0.2) is 4.98 Å². The fourth-order valence-corrected chi connectivity index (χ4v) is 6.72. The summed E-state index contributed by atoms with van der Waals surface area (Å²) in [5.74, 6) is -0.237. The molecule has 0 radical (unpaired) electrons. The van der Waals surface area contributed by atoms with E-state index in [2.05, 4.69) is 34.2 Å². The Labute approximate surface area is 268 Å². The molecule has 1 aliphatic heterocycles. The fourth-order valence-electron chi connectivity index (χ4n) is 5.89. The lowest BCUT2D eigenvalue weighted by Crippen LogP contribution is -2.52. The predicted molar refractivity (Wildman–Crippen MR) is 180 cm³/mol. The van der Waals surface area contributed by atoms with Gasteiger partial charge in [0.05, 0.1) is 15.6 Å². The van der Waals surface area contributed by atoms with Crippen LogP contribution in [0.1, 0.15) is 37.8 Å². The average molecular weight is 613 g/mol. The Morgan fingerprint density at radius 3 is 2.27 bits per heavy atom. The zero-order chi connectivity index (χ0) is 31.2. The average Bonchev–Trinajstić information content (AvgIpc) is 3.41. The molecule has 6 nitrogen and oxygen atoms in total. The van der Waals surface area contributed by atoms with E-state index in [9.17, 15) is 9.59 Å². The molecule has 6 rings (SSSR count).